The van der Waals surface area contributed by atoms with Crippen molar-refractivity contribution in [1.29, 1.82) is 0 Å². The first-order chi connectivity index (χ1) is 11.3. The van der Waals surface area contributed by atoms with Crippen LogP contribution in [0.5, 0.6) is 0 Å². The molecular weight excluding hydrogens is 319 g/mol. The molecule has 3 nitrogen and oxygen atoms in total. The maximum Gasteiger partial charge on any atom is 0.416 e. The third-order valence-electron chi connectivity index (χ3n) is 3.71. The Balaban J connectivity index is 2.01. The fourth-order valence-corrected chi connectivity index (χ4v) is 2.58. The van der Waals surface area contributed by atoms with Gasteiger partial charge in [0.1, 0.15) is 0 Å². The van der Waals surface area contributed by atoms with Crippen LogP contribution in [0.1, 0.15) is 27.0 Å². The van der Waals surface area contributed by atoms with Gasteiger partial charge in [-0.3, -0.25) is 4.98 Å². The number of halogens is 3. The van der Waals surface area contributed by atoms with E-state index in [1.807, 2.05) is 0 Å². The Kier molecular flexibility index (Phi) is 3.97. The van der Waals surface area contributed by atoms with E-state index in [4.69, 9.17) is 5.11 Å². The number of aromatic nitrogens is 1. The summed E-state index contributed by atoms with van der Waals surface area (Å²) in [4.78, 5) is 15.1. The molecule has 3 aromatic rings. The number of pyridine rings is 1. The van der Waals surface area contributed by atoms with Crippen LogP contribution < -0.4 is 0 Å². The average molecular weight is 331 g/mol. The Bertz CT molecular complexity index is 920. The fraction of sp³-hybridized carbons (Fsp3) is 0.111. The molecule has 0 aliphatic carbocycles. The first-order valence-electron chi connectivity index (χ1n) is 7.11. The number of benzene rings is 2. The molecule has 0 fully saturated rings. The van der Waals surface area contributed by atoms with Crippen LogP contribution in [-0.4, -0.2) is 16.1 Å². The lowest BCUT2D eigenvalue weighted by molar-refractivity contribution is -0.138. The number of carbonyl (C=O) groups is 1. The summed E-state index contributed by atoms with van der Waals surface area (Å²) in [6, 6.07) is 11.9. The summed E-state index contributed by atoms with van der Waals surface area (Å²) in [5.74, 6) is -1.10. The molecule has 0 aliphatic heterocycles. The minimum Gasteiger partial charge on any atom is -0.478 e. The van der Waals surface area contributed by atoms with Crippen molar-refractivity contribution in [3.05, 3.63) is 77.0 Å². The average Bonchev–Trinajstić information content (AvgIpc) is 2.53. The lowest BCUT2D eigenvalue weighted by Crippen LogP contribution is -2.09. The number of carboxylic acids is 1. The molecule has 0 atom stereocenters. The van der Waals surface area contributed by atoms with Crippen LogP contribution in [0.2, 0.25) is 0 Å². The number of alkyl halides is 3. The SMILES string of the molecule is O=C(O)c1cnc2ccc(Cc3ccccc3C(F)(F)F)cc2c1. The van der Waals surface area contributed by atoms with Crippen molar-refractivity contribution in [3.8, 4) is 0 Å². The van der Waals surface area contributed by atoms with Gasteiger partial charge in [-0.2, -0.15) is 13.2 Å². The summed E-state index contributed by atoms with van der Waals surface area (Å²) in [5, 5.41) is 9.59. The van der Waals surface area contributed by atoms with Crippen molar-refractivity contribution in [2.75, 3.05) is 0 Å². The lowest BCUT2D eigenvalue weighted by Gasteiger charge is -2.13. The first kappa shape index (κ1) is 16.0. The highest BCUT2D eigenvalue weighted by Crippen LogP contribution is 2.33. The van der Waals surface area contributed by atoms with E-state index in [9.17, 15) is 18.0 Å². The van der Waals surface area contributed by atoms with Gasteiger partial charge in [0, 0.05) is 11.6 Å². The van der Waals surface area contributed by atoms with E-state index < -0.39 is 17.7 Å². The maximum atomic E-state index is 13.1. The van der Waals surface area contributed by atoms with Crippen LogP contribution in [0.4, 0.5) is 13.2 Å². The third-order valence-corrected chi connectivity index (χ3v) is 3.71. The Morgan fingerprint density at radius 2 is 1.83 bits per heavy atom. The van der Waals surface area contributed by atoms with Crippen molar-refractivity contribution >= 4 is 16.9 Å². The van der Waals surface area contributed by atoms with E-state index in [0.717, 1.165) is 6.07 Å². The summed E-state index contributed by atoms with van der Waals surface area (Å²) < 4.78 is 39.2. The molecule has 6 heteroatoms. The van der Waals surface area contributed by atoms with Crippen molar-refractivity contribution in [3.63, 3.8) is 0 Å². The first-order valence-corrected chi connectivity index (χ1v) is 7.11. The number of fused-ring (bicyclic) bond motifs is 1. The van der Waals surface area contributed by atoms with E-state index in [0.29, 0.717) is 16.5 Å². The fourth-order valence-electron chi connectivity index (χ4n) is 2.58. The molecule has 2 aromatic carbocycles. The molecule has 0 radical (unpaired) electrons. The number of hydrogen-bond donors (Lipinski definition) is 1. The van der Waals surface area contributed by atoms with E-state index in [1.165, 1.54) is 24.4 Å². The van der Waals surface area contributed by atoms with E-state index in [2.05, 4.69) is 4.98 Å². The lowest BCUT2D eigenvalue weighted by atomic mass is 9.98. The molecule has 1 aromatic heterocycles. The number of rotatable bonds is 3. The molecule has 0 bridgehead atoms. The summed E-state index contributed by atoms with van der Waals surface area (Å²) in [5.41, 5.74) is 0.793. The van der Waals surface area contributed by atoms with Crippen LogP contribution in [0.25, 0.3) is 10.9 Å². The molecular formula is C18H12F3NO2. The third kappa shape index (κ3) is 3.22. The van der Waals surface area contributed by atoms with Crippen LogP contribution in [0, 0.1) is 0 Å². The molecule has 0 aliphatic rings. The van der Waals surface area contributed by atoms with Gasteiger partial charge in [-0.15, -0.1) is 0 Å². The van der Waals surface area contributed by atoms with Gasteiger partial charge in [0.15, 0.2) is 0 Å². The summed E-state index contributed by atoms with van der Waals surface area (Å²) in [7, 11) is 0. The maximum absolute atomic E-state index is 13.1. The number of carboxylic acid groups (broad SMARTS) is 1. The highest BCUT2D eigenvalue weighted by Gasteiger charge is 2.32. The number of nitrogens with zero attached hydrogens (tertiary/aromatic N) is 1. The minimum absolute atomic E-state index is 0.0374. The molecule has 122 valence electrons. The van der Waals surface area contributed by atoms with Crippen molar-refractivity contribution < 1.29 is 23.1 Å². The molecule has 0 amide bonds. The predicted molar refractivity (Wildman–Crippen MR) is 83.0 cm³/mol. The van der Waals surface area contributed by atoms with Gasteiger partial charge in [-0.05, 0) is 41.8 Å². The molecule has 0 spiro atoms. The summed E-state index contributed by atoms with van der Waals surface area (Å²) >= 11 is 0. The molecule has 0 saturated heterocycles. The molecule has 1 N–H and O–H groups in total. The summed E-state index contributed by atoms with van der Waals surface area (Å²) in [6.45, 7) is 0. The number of hydrogen-bond acceptors (Lipinski definition) is 2. The standard InChI is InChI=1S/C18H12F3NO2/c19-18(20,21)15-4-2-1-3-12(15)7-11-5-6-16-13(8-11)9-14(10-22-16)17(23)24/h1-6,8-10H,7H2,(H,23,24). The van der Waals surface area contributed by atoms with Gasteiger partial charge in [0.2, 0.25) is 0 Å². The van der Waals surface area contributed by atoms with Gasteiger partial charge in [0.05, 0.1) is 16.6 Å². The van der Waals surface area contributed by atoms with E-state index in [1.54, 1.807) is 24.3 Å². The van der Waals surface area contributed by atoms with Crippen LogP contribution in [0.15, 0.2) is 54.7 Å². The van der Waals surface area contributed by atoms with Gasteiger partial charge in [-0.25, -0.2) is 4.79 Å². The van der Waals surface area contributed by atoms with E-state index in [-0.39, 0.29) is 17.5 Å². The molecule has 0 saturated carbocycles. The van der Waals surface area contributed by atoms with Crippen LogP contribution >= 0.6 is 0 Å². The Hall–Kier alpha value is -2.89. The Labute approximate surface area is 135 Å². The minimum atomic E-state index is -4.41. The molecule has 3 rings (SSSR count). The largest absolute Gasteiger partial charge is 0.478 e. The highest BCUT2D eigenvalue weighted by molar-refractivity contribution is 5.92. The van der Waals surface area contributed by atoms with Crippen molar-refractivity contribution in [2.24, 2.45) is 0 Å². The monoisotopic (exact) mass is 331 g/mol. The summed E-state index contributed by atoms with van der Waals surface area (Å²) in [6.07, 6.45) is -3.06. The second kappa shape index (κ2) is 5.96. The van der Waals surface area contributed by atoms with Crippen LogP contribution in [0.3, 0.4) is 0 Å². The van der Waals surface area contributed by atoms with Gasteiger partial charge in [-0.1, -0.05) is 24.3 Å². The van der Waals surface area contributed by atoms with Gasteiger partial charge < -0.3 is 5.11 Å². The predicted octanol–water partition coefficient (Wildman–Crippen LogP) is 4.54. The Morgan fingerprint density at radius 3 is 2.54 bits per heavy atom. The van der Waals surface area contributed by atoms with Crippen molar-refractivity contribution in [2.45, 2.75) is 12.6 Å². The Morgan fingerprint density at radius 1 is 1.08 bits per heavy atom. The zero-order valence-corrected chi connectivity index (χ0v) is 12.3. The van der Waals surface area contributed by atoms with Crippen molar-refractivity contribution in [1.82, 2.24) is 4.98 Å². The molecule has 0 unspecified atom stereocenters. The van der Waals surface area contributed by atoms with Crippen LogP contribution in [-0.2, 0) is 12.6 Å². The van der Waals surface area contributed by atoms with Gasteiger partial charge >= 0.3 is 12.1 Å². The highest BCUT2D eigenvalue weighted by atomic mass is 19.4. The molecule has 24 heavy (non-hydrogen) atoms. The zero-order chi connectivity index (χ0) is 17.3. The zero-order valence-electron chi connectivity index (χ0n) is 12.3. The normalized spacial score (nSPS) is 11.6. The van der Waals surface area contributed by atoms with E-state index >= 15 is 0 Å². The second-order valence-electron chi connectivity index (χ2n) is 5.39. The quantitative estimate of drug-likeness (QED) is 0.766. The van der Waals surface area contributed by atoms with Gasteiger partial charge in [0.25, 0.3) is 0 Å². The number of aromatic carboxylic acids is 1. The molecule has 1 heterocycles. The topological polar surface area (TPSA) is 50.2 Å². The second-order valence-corrected chi connectivity index (χ2v) is 5.39. The smallest absolute Gasteiger partial charge is 0.416 e.